The number of rotatable bonds is 5. The monoisotopic (exact) mass is 218 g/mol. The van der Waals surface area contributed by atoms with E-state index in [0.717, 1.165) is 12.1 Å². The van der Waals surface area contributed by atoms with E-state index in [4.69, 9.17) is 11.0 Å². The predicted octanol–water partition coefficient (Wildman–Crippen LogP) is 1.74. The van der Waals surface area contributed by atoms with Crippen molar-refractivity contribution in [1.82, 2.24) is 4.98 Å². The SMILES string of the molecule is CC(C)CC(CN)Nc1cnccc1C#N. The second-order valence-corrected chi connectivity index (χ2v) is 4.24. The second kappa shape index (κ2) is 6.09. The summed E-state index contributed by atoms with van der Waals surface area (Å²) >= 11 is 0. The summed E-state index contributed by atoms with van der Waals surface area (Å²) in [5.74, 6) is 0.572. The minimum Gasteiger partial charge on any atom is -0.379 e. The molecule has 0 aromatic carbocycles. The third-order valence-corrected chi connectivity index (χ3v) is 2.34. The van der Waals surface area contributed by atoms with Gasteiger partial charge in [-0.3, -0.25) is 4.98 Å². The number of hydrogen-bond donors (Lipinski definition) is 2. The molecule has 0 spiro atoms. The van der Waals surface area contributed by atoms with Crippen molar-refractivity contribution in [3.8, 4) is 6.07 Å². The molecule has 0 saturated carbocycles. The van der Waals surface area contributed by atoms with Crippen molar-refractivity contribution in [1.29, 1.82) is 5.26 Å². The summed E-state index contributed by atoms with van der Waals surface area (Å²) in [5, 5.41) is 12.2. The van der Waals surface area contributed by atoms with Gasteiger partial charge in [-0.1, -0.05) is 13.8 Å². The maximum absolute atomic E-state index is 8.94. The molecule has 1 heterocycles. The first-order valence-electron chi connectivity index (χ1n) is 5.48. The summed E-state index contributed by atoms with van der Waals surface area (Å²) in [5.41, 5.74) is 7.07. The largest absolute Gasteiger partial charge is 0.379 e. The number of hydrogen-bond acceptors (Lipinski definition) is 4. The van der Waals surface area contributed by atoms with Crippen molar-refractivity contribution < 1.29 is 0 Å². The molecule has 3 N–H and O–H groups in total. The summed E-state index contributed by atoms with van der Waals surface area (Å²) < 4.78 is 0. The lowest BCUT2D eigenvalue weighted by atomic mass is 10.0. The van der Waals surface area contributed by atoms with Crippen LogP contribution in [-0.2, 0) is 0 Å². The molecule has 0 fully saturated rings. The zero-order chi connectivity index (χ0) is 12.0. The van der Waals surface area contributed by atoms with Crippen LogP contribution in [-0.4, -0.2) is 17.6 Å². The molecule has 0 bridgehead atoms. The van der Waals surface area contributed by atoms with Crippen LogP contribution in [0.1, 0.15) is 25.8 Å². The number of nitrogens with one attached hydrogen (secondary N) is 1. The van der Waals surface area contributed by atoms with Gasteiger partial charge in [-0.25, -0.2) is 0 Å². The molecule has 0 amide bonds. The summed E-state index contributed by atoms with van der Waals surface area (Å²) in [7, 11) is 0. The number of aromatic nitrogens is 1. The van der Waals surface area contributed by atoms with Gasteiger partial charge in [0.05, 0.1) is 17.4 Å². The Labute approximate surface area is 96.5 Å². The summed E-state index contributed by atoms with van der Waals surface area (Å²) in [6, 6.07) is 4.03. The van der Waals surface area contributed by atoms with Crippen LogP contribution >= 0.6 is 0 Å². The average molecular weight is 218 g/mol. The van der Waals surface area contributed by atoms with Crippen LogP contribution in [0.25, 0.3) is 0 Å². The first-order chi connectivity index (χ1) is 7.67. The Balaban J connectivity index is 2.74. The molecule has 0 aliphatic rings. The van der Waals surface area contributed by atoms with Gasteiger partial charge < -0.3 is 11.1 Å². The van der Waals surface area contributed by atoms with Crippen LogP contribution in [0.15, 0.2) is 18.5 Å². The van der Waals surface area contributed by atoms with Crippen LogP contribution in [0, 0.1) is 17.2 Å². The van der Waals surface area contributed by atoms with E-state index in [1.807, 2.05) is 0 Å². The fourth-order valence-electron chi connectivity index (χ4n) is 1.61. The average Bonchev–Trinajstić information content (AvgIpc) is 2.28. The molecule has 1 aromatic rings. The van der Waals surface area contributed by atoms with E-state index in [1.165, 1.54) is 0 Å². The molecule has 1 rings (SSSR count). The van der Waals surface area contributed by atoms with E-state index in [2.05, 4.69) is 30.2 Å². The molecule has 1 aromatic heterocycles. The van der Waals surface area contributed by atoms with Gasteiger partial charge >= 0.3 is 0 Å². The molecule has 0 saturated heterocycles. The van der Waals surface area contributed by atoms with Crippen molar-refractivity contribution in [2.24, 2.45) is 11.7 Å². The fraction of sp³-hybridized carbons (Fsp3) is 0.500. The Morgan fingerprint density at radius 3 is 2.88 bits per heavy atom. The van der Waals surface area contributed by atoms with Crippen LogP contribution in [0.4, 0.5) is 5.69 Å². The molecule has 0 aliphatic heterocycles. The maximum atomic E-state index is 8.94. The third-order valence-electron chi connectivity index (χ3n) is 2.34. The van der Waals surface area contributed by atoms with Crippen molar-refractivity contribution in [2.45, 2.75) is 26.3 Å². The van der Waals surface area contributed by atoms with E-state index in [-0.39, 0.29) is 6.04 Å². The lowest BCUT2D eigenvalue weighted by Gasteiger charge is -2.20. The fourth-order valence-corrected chi connectivity index (χ4v) is 1.61. The second-order valence-electron chi connectivity index (χ2n) is 4.24. The quantitative estimate of drug-likeness (QED) is 0.789. The minimum absolute atomic E-state index is 0.191. The van der Waals surface area contributed by atoms with E-state index in [1.54, 1.807) is 18.5 Å². The molecule has 16 heavy (non-hydrogen) atoms. The van der Waals surface area contributed by atoms with Crippen molar-refractivity contribution in [3.63, 3.8) is 0 Å². The Bertz CT molecular complexity index is 368. The summed E-state index contributed by atoms with van der Waals surface area (Å²) in [4.78, 5) is 4.01. The van der Waals surface area contributed by atoms with Crippen LogP contribution in [0.5, 0.6) is 0 Å². The number of nitrogens with zero attached hydrogens (tertiary/aromatic N) is 2. The maximum Gasteiger partial charge on any atom is 0.101 e. The van der Waals surface area contributed by atoms with Crippen molar-refractivity contribution in [2.75, 3.05) is 11.9 Å². The minimum atomic E-state index is 0.191. The highest BCUT2D eigenvalue weighted by atomic mass is 15.0. The first kappa shape index (κ1) is 12.5. The van der Waals surface area contributed by atoms with Crippen LogP contribution in [0.3, 0.4) is 0 Å². The Morgan fingerprint density at radius 2 is 2.31 bits per heavy atom. The number of anilines is 1. The van der Waals surface area contributed by atoms with E-state index < -0.39 is 0 Å². The lowest BCUT2D eigenvalue weighted by molar-refractivity contribution is 0.522. The van der Waals surface area contributed by atoms with E-state index >= 15 is 0 Å². The molecular weight excluding hydrogens is 200 g/mol. The molecule has 1 unspecified atom stereocenters. The normalized spacial score (nSPS) is 12.2. The Morgan fingerprint density at radius 1 is 1.56 bits per heavy atom. The van der Waals surface area contributed by atoms with Crippen molar-refractivity contribution >= 4 is 5.69 Å². The van der Waals surface area contributed by atoms with E-state index in [0.29, 0.717) is 18.0 Å². The molecule has 86 valence electrons. The van der Waals surface area contributed by atoms with Crippen LogP contribution in [0.2, 0.25) is 0 Å². The Kier molecular flexibility index (Phi) is 4.74. The third kappa shape index (κ3) is 3.52. The Hall–Kier alpha value is -1.60. The van der Waals surface area contributed by atoms with Gasteiger partial charge in [0.25, 0.3) is 0 Å². The molecular formula is C12H18N4. The van der Waals surface area contributed by atoms with Gasteiger partial charge in [0.15, 0.2) is 0 Å². The van der Waals surface area contributed by atoms with Gasteiger partial charge in [-0.05, 0) is 18.4 Å². The highest BCUT2D eigenvalue weighted by Crippen LogP contribution is 2.15. The lowest BCUT2D eigenvalue weighted by Crippen LogP contribution is -2.30. The smallest absolute Gasteiger partial charge is 0.101 e. The predicted molar refractivity (Wildman–Crippen MR) is 64.9 cm³/mol. The number of nitriles is 1. The zero-order valence-electron chi connectivity index (χ0n) is 9.77. The van der Waals surface area contributed by atoms with E-state index in [9.17, 15) is 0 Å². The summed E-state index contributed by atoms with van der Waals surface area (Å²) in [6.07, 6.45) is 4.27. The summed E-state index contributed by atoms with van der Waals surface area (Å²) in [6.45, 7) is 4.86. The van der Waals surface area contributed by atoms with Gasteiger partial charge in [-0.15, -0.1) is 0 Å². The standard InChI is InChI=1S/C12H18N4/c1-9(2)5-11(7-14)16-12-8-15-4-3-10(12)6-13/h3-4,8-9,11,16H,5,7,14H2,1-2H3. The number of nitrogens with two attached hydrogens (primary N) is 1. The first-order valence-corrected chi connectivity index (χ1v) is 5.48. The molecule has 4 nitrogen and oxygen atoms in total. The topological polar surface area (TPSA) is 74.7 Å². The van der Waals surface area contributed by atoms with Gasteiger partial charge in [-0.2, -0.15) is 5.26 Å². The zero-order valence-corrected chi connectivity index (χ0v) is 9.77. The molecule has 4 heteroatoms. The molecule has 1 atom stereocenters. The van der Waals surface area contributed by atoms with Crippen molar-refractivity contribution in [3.05, 3.63) is 24.0 Å². The highest BCUT2D eigenvalue weighted by molar-refractivity contribution is 5.55. The highest BCUT2D eigenvalue weighted by Gasteiger charge is 2.10. The van der Waals surface area contributed by atoms with Gasteiger partial charge in [0.1, 0.15) is 6.07 Å². The molecule has 0 radical (unpaired) electrons. The van der Waals surface area contributed by atoms with Crippen LogP contribution < -0.4 is 11.1 Å². The van der Waals surface area contributed by atoms with Gasteiger partial charge in [0, 0.05) is 18.8 Å². The van der Waals surface area contributed by atoms with Gasteiger partial charge in [0.2, 0.25) is 0 Å². The molecule has 0 aliphatic carbocycles. The number of pyridine rings is 1.